The van der Waals surface area contributed by atoms with E-state index in [0.717, 1.165) is 10.5 Å². The lowest BCUT2D eigenvalue weighted by Crippen LogP contribution is -2.32. The fraction of sp³-hybridized carbons (Fsp3) is 0.375. The number of hydrogen-bond acceptors (Lipinski definition) is 3. The van der Waals surface area contributed by atoms with Gasteiger partial charge in [-0.25, -0.2) is 4.79 Å². The van der Waals surface area contributed by atoms with Crippen molar-refractivity contribution >= 4 is 17.8 Å². The third-order valence-corrected chi connectivity index (χ3v) is 1.79. The van der Waals surface area contributed by atoms with Gasteiger partial charge in [-0.1, -0.05) is 19.1 Å². The molecule has 0 aromatic rings. The van der Waals surface area contributed by atoms with Gasteiger partial charge >= 0.3 is 17.8 Å². The van der Waals surface area contributed by atoms with Gasteiger partial charge in [0.1, 0.15) is 0 Å². The predicted molar refractivity (Wildman–Crippen MR) is 44.7 cm³/mol. The minimum atomic E-state index is -0.867. The molecular formula is C8H10N2O3. The third kappa shape index (κ3) is 1.74. The molecule has 0 aliphatic carbocycles. The molecule has 1 fully saturated rings. The summed E-state index contributed by atoms with van der Waals surface area (Å²) >= 11 is 0. The number of nitrogens with one attached hydrogen (secondary N) is 1. The average Bonchev–Trinajstić information content (AvgIpc) is 2.32. The van der Waals surface area contributed by atoms with Gasteiger partial charge in [0.25, 0.3) is 0 Å². The molecule has 5 nitrogen and oxygen atoms in total. The number of amides is 4. The van der Waals surface area contributed by atoms with Crippen molar-refractivity contribution in [3.8, 4) is 0 Å². The van der Waals surface area contributed by atoms with Crippen molar-refractivity contribution in [2.75, 3.05) is 6.54 Å². The Balaban J connectivity index is 2.70. The number of rotatable bonds is 3. The molecule has 1 N–H and O–H groups in total. The zero-order chi connectivity index (χ0) is 10.0. The van der Waals surface area contributed by atoms with Gasteiger partial charge in [-0.3, -0.25) is 19.8 Å². The van der Waals surface area contributed by atoms with E-state index in [9.17, 15) is 14.4 Å². The molecule has 1 heterocycles. The molecule has 4 amide bonds. The first-order valence-corrected chi connectivity index (χ1v) is 3.89. The number of carbonyl (C=O) groups is 3. The summed E-state index contributed by atoms with van der Waals surface area (Å²) in [6, 6.07) is -0.662. The second-order valence-corrected chi connectivity index (χ2v) is 2.75. The van der Waals surface area contributed by atoms with E-state index in [1.54, 1.807) is 0 Å². The topological polar surface area (TPSA) is 66.5 Å². The van der Waals surface area contributed by atoms with Crippen molar-refractivity contribution in [3.63, 3.8) is 0 Å². The largest absolute Gasteiger partial charge is 0.331 e. The van der Waals surface area contributed by atoms with Gasteiger partial charge in [0.15, 0.2) is 0 Å². The third-order valence-electron chi connectivity index (χ3n) is 1.79. The number of urea groups is 1. The molecule has 0 saturated carbocycles. The van der Waals surface area contributed by atoms with E-state index in [-0.39, 0.29) is 6.54 Å². The summed E-state index contributed by atoms with van der Waals surface area (Å²) < 4.78 is 0. The standard InChI is InChI=1S/C8H10N2O3/c1-3-5(2)4-10-7(12)6(11)9-8(10)13/h2-4H2,1H3,(H,9,11,13). The molecule has 0 aromatic carbocycles. The second-order valence-electron chi connectivity index (χ2n) is 2.75. The highest BCUT2D eigenvalue weighted by Gasteiger charge is 2.36. The first-order chi connectivity index (χ1) is 6.06. The fourth-order valence-electron chi connectivity index (χ4n) is 0.912. The molecule has 0 atom stereocenters. The lowest BCUT2D eigenvalue weighted by Gasteiger charge is -2.11. The number of imide groups is 2. The van der Waals surface area contributed by atoms with Crippen LogP contribution in [0, 0.1) is 0 Å². The van der Waals surface area contributed by atoms with Crippen LogP contribution in [-0.4, -0.2) is 29.3 Å². The number of nitrogens with zero attached hydrogens (tertiary/aromatic N) is 1. The Bertz CT molecular complexity index is 296. The minimum absolute atomic E-state index is 0.118. The molecule has 70 valence electrons. The summed E-state index contributed by atoms with van der Waals surface area (Å²) in [7, 11) is 0. The maximum Gasteiger partial charge on any atom is 0.331 e. The van der Waals surface area contributed by atoms with Crippen molar-refractivity contribution in [2.24, 2.45) is 0 Å². The lowest BCUT2D eigenvalue weighted by atomic mass is 10.2. The van der Waals surface area contributed by atoms with E-state index in [4.69, 9.17) is 0 Å². The van der Waals surface area contributed by atoms with Crippen molar-refractivity contribution in [2.45, 2.75) is 13.3 Å². The summed E-state index contributed by atoms with van der Waals surface area (Å²) in [6.45, 7) is 5.63. The molecule has 1 aliphatic heterocycles. The van der Waals surface area contributed by atoms with Crippen molar-refractivity contribution < 1.29 is 14.4 Å². The Labute approximate surface area is 75.4 Å². The summed E-state index contributed by atoms with van der Waals surface area (Å²) in [5.74, 6) is -1.67. The molecule has 1 rings (SSSR count). The molecule has 13 heavy (non-hydrogen) atoms. The van der Waals surface area contributed by atoms with Crippen LogP contribution >= 0.6 is 0 Å². The Kier molecular flexibility index (Phi) is 2.46. The Morgan fingerprint density at radius 2 is 2.08 bits per heavy atom. The zero-order valence-electron chi connectivity index (χ0n) is 7.29. The van der Waals surface area contributed by atoms with Gasteiger partial charge in [0.2, 0.25) is 0 Å². The molecule has 0 aromatic heterocycles. The molecule has 1 saturated heterocycles. The molecule has 1 aliphatic rings. The molecular weight excluding hydrogens is 172 g/mol. The van der Waals surface area contributed by atoms with Crippen molar-refractivity contribution in [1.29, 1.82) is 0 Å². The highest BCUT2D eigenvalue weighted by molar-refractivity contribution is 6.44. The molecule has 0 radical (unpaired) electrons. The first-order valence-electron chi connectivity index (χ1n) is 3.89. The SMILES string of the molecule is C=C(CC)CN1C(=O)NC(=O)C1=O. The summed E-state index contributed by atoms with van der Waals surface area (Å²) in [6.07, 6.45) is 0.672. The smallest absolute Gasteiger partial charge is 0.269 e. The minimum Gasteiger partial charge on any atom is -0.269 e. The molecule has 0 bridgehead atoms. The molecule has 0 spiro atoms. The van der Waals surface area contributed by atoms with Crippen molar-refractivity contribution in [3.05, 3.63) is 12.2 Å². The quantitative estimate of drug-likeness (QED) is 0.380. The van der Waals surface area contributed by atoms with Gasteiger partial charge in [-0.05, 0) is 6.42 Å². The van der Waals surface area contributed by atoms with Gasteiger partial charge < -0.3 is 0 Å². The van der Waals surface area contributed by atoms with Crippen LogP contribution in [0.2, 0.25) is 0 Å². The fourth-order valence-corrected chi connectivity index (χ4v) is 0.912. The maximum atomic E-state index is 11.0. The summed E-state index contributed by atoms with van der Waals surface area (Å²) in [4.78, 5) is 33.6. The molecule has 0 unspecified atom stereocenters. The molecule has 5 heteroatoms. The number of carbonyl (C=O) groups excluding carboxylic acids is 3. The van der Waals surface area contributed by atoms with Gasteiger partial charge in [-0.15, -0.1) is 0 Å². The highest BCUT2D eigenvalue weighted by Crippen LogP contribution is 2.06. The van der Waals surface area contributed by atoms with Crippen LogP contribution in [0.3, 0.4) is 0 Å². The maximum absolute atomic E-state index is 11.0. The van der Waals surface area contributed by atoms with Crippen LogP contribution in [-0.2, 0) is 9.59 Å². The normalized spacial score (nSPS) is 16.4. The van der Waals surface area contributed by atoms with Gasteiger partial charge in [0, 0.05) is 0 Å². The summed E-state index contributed by atoms with van der Waals surface area (Å²) in [5, 5.41) is 1.90. The zero-order valence-corrected chi connectivity index (χ0v) is 7.29. The Morgan fingerprint density at radius 3 is 2.46 bits per heavy atom. The Hall–Kier alpha value is -1.65. The van der Waals surface area contributed by atoms with Crippen LogP contribution in [0.15, 0.2) is 12.2 Å². The van der Waals surface area contributed by atoms with E-state index < -0.39 is 17.8 Å². The van der Waals surface area contributed by atoms with E-state index in [1.807, 2.05) is 12.2 Å². The van der Waals surface area contributed by atoms with E-state index in [2.05, 4.69) is 6.58 Å². The van der Waals surface area contributed by atoms with Gasteiger partial charge in [0.05, 0.1) is 6.54 Å². The van der Waals surface area contributed by atoms with Crippen LogP contribution in [0.1, 0.15) is 13.3 Å². The first kappa shape index (κ1) is 9.44. The second kappa shape index (κ2) is 3.38. The van der Waals surface area contributed by atoms with Gasteiger partial charge in [-0.2, -0.15) is 0 Å². The van der Waals surface area contributed by atoms with Crippen LogP contribution in [0.5, 0.6) is 0 Å². The van der Waals surface area contributed by atoms with E-state index in [1.165, 1.54) is 0 Å². The van der Waals surface area contributed by atoms with Crippen molar-refractivity contribution in [1.82, 2.24) is 10.2 Å². The Morgan fingerprint density at radius 1 is 1.46 bits per heavy atom. The average molecular weight is 182 g/mol. The summed E-state index contributed by atoms with van der Waals surface area (Å²) in [5.41, 5.74) is 0.734. The van der Waals surface area contributed by atoms with Crippen LogP contribution < -0.4 is 5.32 Å². The number of hydrogen-bond donors (Lipinski definition) is 1. The van der Waals surface area contributed by atoms with E-state index in [0.29, 0.717) is 6.42 Å². The van der Waals surface area contributed by atoms with Crippen LogP contribution in [0.4, 0.5) is 4.79 Å². The lowest BCUT2D eigenvalue weighted by molar-refractivity contribution is -0.139. The van der Waals surface area contributed by atoms with Crippen LogP contribution in [0.25, 0.3) is 0 Å². The van der Waals surface area contributed by atoms with E-state index >= 15 is 0 Å². The predicted octanol–water partition coefficient (Wildman–Crippen LogP) is 0.0310. The monoisotopic (exact) mass is 182 g/mol. The highest BCUT2D eigenvalue weighted by atomic mass is 16.2.